The van der Waals surface area contributed by atoms with E-state index in [4.69, 9.17) is 5.11 Å². The molecule has 7 heteroatoms. The second-order valence-corrected chi connectivity index (χ2v) is 5.32. The lowest BCUT2D eigenvalue weighted by atomic mass is 10.1. The first-order chi connectivity index (χ1) is 9.40. The number of carbonyl (C=O) groups is 2. The zero-order valence-electron chi connectivity index (χ0n) is 10.7. The maximum atomic E-state index is 13.0. The SMILES string of the molecule is Cc1sc(NC(=O)c2cccc(F)n2)c(C(=O)O)c1C. The number of nitrogens with zero attached hydrogens (tertiary/aromatic N) is 1. The van der Waals surface area contributed by atoms with Gasteiger partial charge in [-0.1, -0.05) is 6.07 Å². The Bertz CT molecular complexity index is 697. The van der Waals surface area contributed by atoms with Crippen LogP contribution in [-0.2, 0) is 0 Å². The number of amides is 1. The summed E-state index contributed by atoms with van der Waals surface area (Å²) in [5.41, 5.74) is 0.548. The van der Waals surface area contributed by atoms with Crippen LogP contribution < -0.4 is 5.32 Å². The minimum atomic E-state index is -1.12. The van der Waals surface area contributed by atoms with Gasteiger partial charge in [-0.05, 0) is 31.5 Å². The molecule has 2 aromatic rings. The van der Waals surface area contributed by atoms with E-state index in [-0.39, 0.29) is 16.3 Å². The second kappa shape index (κ2) is 5.38. The highest BCUT2D eigenvalue weighted by molar-refractivity contribution is 7.16. The molecular weight excluding hydrogens is 283 g/mol. The van der Waals surface area contributed by atoms with Gasteiger partial charge >= 0.3 is 5.97 Å². The second-order valence-electron chi connectivity index (χ2n) is 4.09. The predicted octanol–water partition coefficient (Wildman–Crippen LogP) is 2.85. The molecule has 0 atom stereocenters. The Kier molecular flexibility index (Phi) is 3.80. The molecule has 0 aliphatic heterocycles. The molecule has 2 rings (SSSR count). The highest BCUT2D eigenvalue weighted by Gasteiger charge is 2.21. The van der Waals surface area contributed by atoms with Crippen molar-refractivity contribution in [2.24, 2.45) is 0 Å². The number of nitrogens with one attached hydrogen (secondary N) is 1. The topological polar surface area (TPSA) is 79.3 Å². The number of carboxylic acid groups (broad SMARTS) is 1. The molecule has 20 heavy (non-hydrogen) atoms. The fraction of sp³-hybridized carbons (Fsp3) is 0.154. The maximum absolute atomic E-state index is 13.0. The molecule has 0 aromatic carbocycles. The fourth-order valence-corrected chi connectivity index (χ4v) is 2.72. The van der Waals surface area contributed by atoms with E-state index in [1.807, 2.05) is 0 Å². The molecule has 0 saturated heterocycles. The molecule has 0 fully saturated rings. The molecular formula is C13H11FN2O3S. The molecule has 0 radical (unpaired) electrons. The molecule has 2 N–H and O–H groups in total. The summed E-state index contributed by atoms with van der Waals surface area (Å²) in [6, 6.07) is 3.84. The number of rotatable bonds is 3. The minimum Gasteiger partial charge on any atom is -0.478 e. The van der Waals surface area contributed by atoms with Crippen molar-refractivity contribution in [3.05, 3.63) is 45.8 Å². The van der Waals surface area contributed by atoms with Crippen molar-refractivity contribution < 1.29 is 19.1 Å². The smallest absolute Gasteiger partial charge is 0.338 e. The van der Waals surface area contributed by atoms with Crippen molar-refractivity contribution in [3.8, 4) is 0 Å². The van der Waals surface area contributed by atoms with Crippen LogP contribution in [0.5, 0.6) is 0 Å². The number of hydrogen-bond donors (Lipinski definition) is 2. The Morgan fingerprint density at radius 3 is 2.65 bits per heavy atom. The largest absolute Gasteiger partial charge is 0.478 e. The van der Waals surface area contributed by atoms with Gasteiger partial charge in [0.05, 0.1) is 5.56 Å². The number of thiophene rings is 1. The Morgan fingerprint density at radius 1 is 1.35 bits per heavy atom. The van der Waals surface area contributed by atoms with E-state index in [1.54, 1.807) is 13.8 Å². The molecule has 0 aliphatic carbocycles. The fourth-order valence-electron chi connectivity index (χ4n) is 1.67. The Labute approximate surface area is 118 Å². The molecule has 0 saturated carbocycles. The van der Waals surface area contributed by atoms with Gasteiger partial charge in [0.1, 0.15) is 10.7 Å². The number of carbonyl (C=O) groups excluding carboxylic acids is 1. The lowest BCUT2D eigenvalue weighted by Gasteiger charge is -2.04. The highest BCUT2D eigenvalue weighted by Crippen LogP contribution is 2.32. The molecule has 0 spiro atoms. The van der Waals surface area contributed by atoms with E-state index in [9.17, 15) is 14.0 Å². The van der Waals surface area contributed by atoms with Gasteiger partial charge in [0.25, 0.3) is 5.91 Å². The number of aromatic carboxylic acids is 1. The number of carboxylic acids is 1. The summed E-state index contributed by atoms with van der Waals surface area (Å²) >= 11 is 1.16. The highest BCUT2D eigenvalue weighted by atomic mass is 32.1. The van der Waals surface area contributed by atoms with E-state index >= 15 is 0 Å². The molecule has 1 amide bonds. The summed E-state index contributed by atoms with van der Waals surface area (Å²) < 4.78 is 13.0. The van der Waals surface area contributed by atoms with Gasteiger partial charge in [0, 0.05) is 4.88 Å². The monoisotopic (exact) mass is 294 g/mol. The molecule has 2 heterocycles. The number of anilines is 1. The van der Waals surface area contributed by atoms with Crippen molar-refractivity contribution in [3.63, 3.8) is 0 Å². The van der Waals surface area contributed by atoms with Gasteiger partial charge in [0.2, 0.25) is 5.95 Å². The summed E-state index contributed by atoms with van der Waals surface area (Å²) in [4.78, 5) is 27.4. The van der Waals surface area contributed by atoms with Gasteiger partial charge in [-0.25, -0.2) is 9.78 Å². The molecule has 0 bridgehead atoms. The van der Waals surface area contributed by atoms with Gasteiger partial charge < -0.3 is 10.4 Å². The number of pyridine rings is 1. The van der Waals surface area contributed by atoms with Gasteiger partial charge in [0.15, 0.2) is 0 Å². The van der Waals surface area contributed by atoms with E-state index in [0.717, 1.165) is 22.3 Å². The molecule has 2 aromatic heterocycles. The lowest BCUT2D eigenvalue weighted by molar-refractivity contribution is 0.0697. The van der Waals surface area contributed by atoms with E-state index in [1.165, 1.54) is 12.1 Å². The van der Waals surface area contributed by atoms with Crippen LogP contribution in [0.4, 0.5) is 9.39 Å². The van der Waals surface area contributed by atoms with Crippen molar-refractivity contribution in [1.29, 1.82) is 0 Å². The van der Waals surface area contributed by atoms with Crippen LogP contribution in [0.3, 0.4) is 0 Å². The zero-order chi connectivity index (χ0) is 14.9. The van der Waals surface area contributed by atoms with Gasteiger partial charge in [-0.2, -0.15) is 4.39 Å². The molecule has 104 valence electrons. The Balaban J connectivity index is 2.33. The van der Waals surface area contributed by atoms with Crippen LogP contribution in [-0.4, -0.2) is 22.0 Å². The zero-order valence-corrected chi connectivity index (χ0v) is 11.5. The summed E-state index contributed by atoms with van der Waals surface area (Å²) in [6.45, 7) is 3.44. The first-order valence-corrected chi connectivity index (χ1v) is 6.49. The first kappa shape index (κ1) is 14.1. The van der Waals surface area contributed by atoms with Crippen LogP contribution in [0.2, 0.25) is 0 Å². The first-order valence-electron chi connectivity index (χ1n) is 5.67. The number of hydrogen-bond acceptors (Lipinski definition) is 4. The maximum Gasteiger partial charge on any atom is 0.338 e. The number of aryl methyl sites for hydroxylation is 1. The third kappa shape index (κ3) is 2.67. The Morgan fingerprint density at radius 2 is 2.05 bits per heavy atom. The molecule has 0 unspecified atom stereocenters. The summed E-state index contributed by atoms with van der Waals surface area (Å²) in [5, 5.41) is 11.9. The standard InChI is InChI=1S/C13H11FN2O3S/c1-6-7(2)20-12(10(6)13(18)19)16-11(17)8-4-3-5-9(14)15-8/h3-5H,1-2H3,(H,16,17)(H,18,19). The molecule has 0 aliphatic rings. The van der Waals surface area contributed by atoms with Crippen molar-refractivity contribution in [2.75, 3.05) is 5.32 Å². The van der Waals surface area contributed by atoms with Crippen molar-refractivity contribution >= 4 is 28.2 Å². The predicted molar refractivity (Wildman–Crippen MR) is 72.9 cm³/mol. The summed E-state index contributed by atoms with van der Waals surface area (Å²) in [6.07, 6.45) is 0. The van der Waals surface area contributed by atoms with Crippen molar-refractivity contribution in [2.45, 2.75) is 13.8 Å². The number of halogens is 1. The molecule has 5 nitrogen and oxygen atoms in total. The van der Waals surface area contributed by atoms with Crippen LogP contribution in [0.25, 0.3) is 0 Å². The van der Waals surface area contributed by atoms with Gasteiger partial charge in [-0.3, -0.25) is 4.79 Å². The lowest BCUT2D eigenvalue weighted by Crippen LogP contribution is -2.15. The summed E-state index contributed by atoms with van der Waals surface area (Å²) in [7, 11) is 0. The van der Waals surface area contributed by atoms with E-state index < -0.39 is 17.8 Å². The third-order valence-electron chi connectivity index (χ3n) is 2.77. The normalized spacial score (nSPS) is 10.3. The number of aromatic nitrogens is 1. The summed E-state index contributed by atoms with van der Waals surface area (Å²) in [5.74, 6) is -2.53. The van der Waals surface area contributed by atoms with Crippen molar-refractivity contribution in [1.82, 2.24) is 4.98 Å². The van der Waals surface area contributed by atoms with Crippen LogP contribution in [0.15, 0.2) is 18.2 Å². The Hall–Kier alpha value is -2.28. The average molecular weight is 294 g/mol. The van der Waals surface area contributed by atoms with Crippen LogP contribution in [0.1, 0.15) is 31.3 Å². The van der Waals surface area contributed by atoms with Crippen LogP contribution in [0, 0.1) is 19.8 Å². The van der Waals surface area contributed by atoms with Gasteiger partial charge in [-0.15, -0.1) is 11.3 Å². The third-order valence-corrected chi connectivity index (χ3v) is 3.90. The van der Waals surface area contributed by atoms with E-state index in [2.05, 4.69) is 10.3 Å². The van der Waals surface area contributed by atoms with Crippen LogP contribution >= 0.6 is 11.3 Å². The quantitative estimate of drug-likeness (QED) is 0.853. The average Bonchev–Trinajstić information content (AvgIpc) is 2.64. The minimum absolute atomic E-state index is 0.0530. The van der Waals surface area contributed by atoms with E-state index in [0.29, 0.717) is 5.56 Å².